The van der Waals surface area contributed by atoms with Crippen LogP contribution in [0, 0.1) is 16.7 Å². The van der Waals surface area contributed by atoms with Crippen LogP contribution >= 0.6 is 11.3 Å². The Balaban J connectivity index is 1.81. The van der Waals surface area contributed by atoms with E-state index in [1.807, 2.05) is 24.3 Å². The monoisotopic (exact) mass is 274 g/mol. The summed E-state index contributed by atoms with van der Waals surface area (Å²) in [5.41, 5.74) is 1.07. The summed E-state index contributed by atoms with van der Waals surface area (Å²) >= 11 is 1.53. The fourth-order valence-corrected chi connectivity index (χ4v) is 3.82. The lowest BCUT2D eigenvalue weighted by atomic mass is 10.0. The van der Waals surface area contributed by atoms with Crippen molar-refractivity contribution in [3.05, 3.63) is 24.3 Å². The lowest BCUT2D eigenvalue weighted by Crippen LogP contribution is -2.17. The van der Waals surface area contributed by atoms with E-state index in [0.29, 0.717) is 5.13 Å². The lowest BCUT2D eigenvalue weighted by Gasteiger charge is -2.03. The normalized spacial score (nSPS) is 20.4. The molecule has 1 heterocycles. The molecule has 0 radical (unpaired) electrons. The Labute approximate surface area is 117 Å². The summed E-state index contributed by atoms with van der Waals surface area (Å²) in [6.07, 6.45) is 0. The third-order valence-electron chi connectivity index (χ3n) is 4.81. The maximum atomic E-state index is 12.3. The summed E-state index contributed by atoms with van der Waals surface area (Å²) in [7, 11) is 0. The molecule has 0 aliphatic heterocycles. The van der Waals surface area contributed by atoms with E-state index in [2.05, 4.69) is 38.0 Å². The molecule has 3 nitrogen and oxygen atoms in total. The van der Waals surface area contributed by atoms with Gasteiger partial charge in [0.1, 0.15) is 0 Å². The predicted molar refractivity (Wildman–Crippen MR) is 79.3 cm³/mol. The van der Waals surface area contributed by atoms with Crippen LogP contribution < -0.4 is 5.32 Å². The molecule has 1 aromatic heterocycles. The second-order valence-corrected chi connectivity index (χ2v) is 7.38. The zero-order chi connectivity index (χ0) is 13.8. The summed E-state index contributed by atoms with van der Waals surface area (Å²) in [6, 6.07) is 7.93. The summed E-state index contributed by atoms with van der Waals surface area (Å²) in [4.78, 5) is 16.8. The van der Waals surface area contributed by atoms with Crippen molar-refractivity contribution in [2.45, 2.75) is 27.7 Å². The number of benzene rings is 1. The Hall–Kier alpha value is -1.42. The number of rotatable bonds is 2. The van der Waals surface area contributed by atoms with E-state index < -0.39 is 0 Å². The van der Waals surface area contributed by atoms with Crippen molar-refractivity contribution in [3.8, 4) is 0 Å². The van der Waals surface area contributed by atoms with Gasteiger partial charge in [0.2, 0.25) is 5.91 Å². The predicted octanol–water partition coefficient (Wildman–Crippen LogP) is 3.92. The standard InChI is InChI=1S/C15H18N2OS/c1-14(2)11(15(14,3)4)12(18)17-13-16-9-7-5-6-8-10(9)19-13/h5-8,11H,1-4H3,(H,16,17,18). The number of aromatic nitrogens is 1. The summed E-state index contributed by atoms with van der Waals surface area (Å²) in [5, 5.41) is 3.67. The molecule has 100 valence electrons. The number of hydrogen-bond donors (Lipinski definition) is 1. The van der Waals surface area contributed by atoms with Crippen LogP contribution in [0.4, 0.5) is 5.13 Å². The Morgan fingerprint density at radius 3 is 2.42 bits per heavy atom. The average molecular weight is 274 g/mol. The van der Waals surface area contributed by atoms with E-state index in [1.54, 1.807) is 0 Å². The minimum absolute atomic E-state index is 0.0620. The first-order valence-corrected chi connectivity index (χ1v) is 7.32. The number of carbonyl (C=O) groups excluding carboxylic acids is 1. The number of anilines is 1. The van der Waals surface area contributed by atoms with E-state index in [1.165, 1.54) is 11.3 Å². The Morgan fingerprint density at radius 2 is 1.84 bits per heavy atom. The minimum atomic E-state index is 0.0620. The molecule has 3 rings (SSSR count). The van der Waals surface area contributed by atoms with Crippen molar-refractivity contribution >= 4 is 32.6 Å². The molecule has 2 aromatic rings. The quantitative estimate of drug-likeness (QED) is 0.902. The van der Waals surface area contributed by atoms with E-state index in [-0.39, 0.29) is 22.7 Å². The fraction of sp³-hybridized carbons (Fsp3) is 0.467. The van der Waals surface area contributed by atoms with E-state index in [4.69, 9.17) is 0 Å². The van der Waals surface area contributed by atoms with Crippen LogP contribution in [0.3, 0.4) is 0 Å². The highest BCUT2D eigenvalue weighted by molar-refractivity contribution is 7.22. The lowest BCUT2D eigenvalue weighted by molar-refractivity contribution is -0.118. The van der Waals surface area contributed by atoms with Crippen molar-refractivity contribution in [1.82, 2.24) is 4.98 Å². The summed E-state index contributed by atoms with van der Waals surface area (Å²) in [6.45, 7) is 8.59. The van der Waals surface area contributed by atoms with Crippen LogP contribution in [0.5, 0.6) is 0 Å². The first kappa shape index (κ1) is 12.6. The molecule has 0 atom stereocenters. The zero-order valence-corrected chi connectivity index (χ0v) is 12.5. The second-order valence-electron chi connectivity index (χ2n) is 6.35. The van der Waals surface area contributed by atoms with Gasteiger partial charge < -0.3 is 5.32 Å². The maximum Gasteiger partial charge on any atom is 0.230 e. The first-order valence-electron chi connectivity index (χ1n) is 6.50. The Kier molecular flexibility index (Phi) is 2.52. The molecule has 1 aliphatic carbocycles. The van der Waals surface area contributed by atoms with Crippen LogP contribution in [0.1, 0.15) is 27.7 Å². The van der Waals surface area contributed by atoms with E-state index in [0.717, 1.165) is 10.2 Å². The third kappa shape index (κ3) is 1.77. The van der Waals surface area contributed by atoms with Crippen LogP contribution in [0.2, 0.25) is 0 Å². The van der Waals surface area contributed by atoms with Gasteiger partial charge in [0.15, 0.2) is 5.13 Å². The van der Waals surface area contributed by atoms with Crippen LogP contribution in [-0.2, 0) is 4.79 Å². The van der Waals surface area contributed by atoms with E-state index >= 15 is 0 Å². The molecule has 0 unspecified atom stereocenters. The van der Waals surface area contributed by atoms with Crippen molar-refractivity contribution in [3.63, 3.8) is 0 Å². The molecule has 1 amide bonds. The average Bonchev–Trinajstić information content (AvgIpc) is 2.61. The fourth-order valence-electron chi connectivity index (χ4n) is 2.96. The SMILES string of the molecule is CC1(C)C(C(=O)Nc2nc3ccccc3s2)C1(C)C. The van der Waals surface area contributed by atoms with Crippen molar-refractivity contribution in [2.75, 3.05) is 5.32 Å². The van der Waals surface area contributed by atoms with Crippen molar-refractivity contribution < 1.29 is 4.79 Å². The molecule has 0 saturated heterocycles. The van der Waals surface area contributed by atoms with Gasteiger partial charge in [-0.15, -0.1) is 0 Å². The van der Waals surface area contributed by atoms with Gasteiger partial charge in [-0.2, -0.15) is 0 Å². The molecular formula is C15H18N2OS. The molecule has 1 fully saturated rings. The van der Waals surface area contributed by atoms with Gasteiger partial charge in [-0.25, -0.2) is 4.98 Å². The maximum absolute atomic E-state index is 12.3. The van der Waals surface area contributed by atoms with Crippen molar-refractivity contribution in [2.24, 2.45) is 16.7 Å². The third-order valence-corrected chi connectivity index (χ3v) is 5.76. The van der Waals surface area contributed by atoms with Crippen LogP contribution in [0.15, 0.2) is 24.3 Å². The van der Waals surface area contributed by atoms with Gasteiger partial charge in [0.05, 0.1) is 10.2 Å². The van der Waals surface area contributed by atoms with Gasteiger partial charge in [0.25, 0.3) is 0 Å². The summed E-state index contributed by atoms with van der Waals surface area (Å²) in [5.74, 6) is 0.154. The van der Waals surface area contributed by atoms with Gasteiger partial charge in [0, 0.05) is 5.92 Å². The highest BCUT2D eigenvalue weighted by Crippen LogP contribution is 2.68. The number of nitrogens with one attached hydrogen (secondary N) is 1. The molecule has 1 aromatic carbocycles. The van der Waals surface area contributed by atoms with E-state index in [9.17, 15) is 4.79 Å². The zero-order valence-electron chi connectivity index (χ0n) is 11.7. The number of nitrogens with zero attached hydrogens (tertiary/aromatic N) is 1. The first-order chi connectivity index (χ1) is 8.84. The Morgan fingerprint density at radius 1 is 1.21 bits per heavy atom. The molecule has 1 saturated carbocycles. The number of hydrogen-bond acceptors (Lipinski definition) is 3. The smallest absolute Gasteiger partial charge is 0.230 e. The number of amides is 1. The second kappa shape index (κ2) is 3.79. The molecule has 19 heavy (non-hydrogen) atoms. The molecular weight excluding hydrogens is 256 g/mol. The van der Waals surface area contributed by atoms with Gasteiger partial charge >= 0.3 is 0 Å². The van der Waals surface area contributed by atoms with Gasteiger partial charge in [-0.3, -0.25) is 4.79 Å². The molecule has 1 aliphatic rings. The van der Waals surface area contributed by atoms with Gasteiger partial charge in [-0.05, 0) is 23.0 Å². The highest BCUT2D eigenvalue weighted by atomic mass is 32.1. The number of fused-ring (bicyclic) bond motifs is 1. The molecule has 0 bridgehead atoms. The molecule has 0 spiro atoms. The highest BCUT2D eigenvalue weighted by Gasteiger charge is 2.68. The minimum Gasteiger partial charge on any atom is -0.302 e. The van der Waals surface area contributed by atoms with Crippen LogP contribution in [-0.4, -0.2) is 10.9 Å². The topological polar surface area (TPSA) is 42.0 Å². The molecule has 1 N–H and O–H groups in total. The van der Waals surface area contributed by atoms with Crippen molar-refractivity contribution in [1.29, 1.82) is 0 Å². The molecule has 4 heteroatoms. The number of carbonyl (C=O) groups is 1. The van der Waals surface area contributed by atoms with Gasteiger partial charge in [-0.1, -0.05) is 51.2 Å². The number of para-hydroxylation sites is 1. The van der Waals surface area contributed by atoms with Crippen LogP contribution in [0.25, 0.3) is 10.2 Å². The largest absolute Gasteiger partial charge is 0.302 e. The Bertz CT molecular complexity index is 610. The summed E-state index contributed by atoms with van der Waals surface area (Å²) < 4.78 is 1.10. The number of thiazole rings is 1.